The largest absolute Gasteiger partial charge is 0.396 e. The number of anilines is 1. The van der Waals surface area contributed by atoms with Gasteiger partial charge in [-0.2, -0.15) is 0 Å². The van der Waals surface area contributed by atoms with E-state index in [2.05, 4.69) is 5.32 Å². The summed E-state index contributed by atoms with van der Waals surface area (Å²) in [4.78, 5) is 0. The van der Waals surface area contributed by atoms with Gasteiger partial charge < -0.3 is 10.4 Å². The fourth-order valence-corrected chi connectivity index (χ4v) is 1.01. The molecule has 0 aliphatic rings. The van der Waals surface area contributed by atoms with Crippen LogP contribution < -0.4 is 5.32 Å². The average molecular weight is 219 g/mol. The van der Waals surface area contributed by atoms with Crippen LogP contribution in [0.5, 0.6) is 0 Å². The zero-order valence-corrected chi connectivity index (χ0v) is 8.23. The van der Waals surface area contributed by atoms with Crippen molar-refractivity contribution in [1.82, 2.24) is 0 Å². The zero-order valence-electron chi connectivity index (χ0n) is 8.23. The summed E-state index contributed by atoms with van der Waals surface area (Å²) in [6.45, 7) is 1.97. The molecule has 1 rings (SSSR count). The summed E-state index contributed by atoms with van der Waals surface area (Å²) >= 11 is 0. The van der Waals surface area contributed by atoms with E-state index in [0.717, 1.165) is 12.1 Å². The van der Waals surface area contributed by atoms with Crippen molar-refractivity contribution in [3.63, 3.8) is 0 Å². The van der Waals surface area contributed by atoms with Gasteiger partial charge in [0.1, 0.15) is 0 Å². The Balaban J connectivity index is 2.74. The molecule has 84 valence electrons. The summed E-state index contributed by atoms with van der Waals surface area (Å²) in [6.07, 6.45) is 0. The molecule has 2 nitrogen and oxygen atoms in total. The fourth-order valence-electron chi connectivity index (χ4n) is 1.01. The third kappa shape index (κ3) is 2.86. The maximum Gasteiger partial charge on any atom is 0.196 e. The molecule has 0 aromatic heterocycles. The smallest absolute Gasteiger partial charge is 0.196 e. The second-order valence-corrected chi connectivity index (χ2v) is 3.39. The molecule has 0 aliphatic heterocycles. The van der Waals surface area contributed by atoms with Crippen molar-refractivity contribution in [2.24, 2.45) is 5.92 Å². The summed E-state index contributed by atoms with van der Waals surface area (Å²) in [7, 11) is 0. The van der Waals surface area contributed by atoms with Gasteiger partial charge in [0.05, 0.1) is 5.69 Å². The van der Waals surface area contributed by atoms with Gasteiger partial charge in [-0.25, -0.2) is 13.2 Å². The van der Waals surface area contributed by atoms with E-state index in [0.29, 0.717) is 6.54 Å². The lowest BCUT2D eigenvalue weighted by Gasteiger charge is -2.11. The van der Waals surface area contributed by atoms with E-state index in [1.54, 1.807) is 6.92 Å². The molecule has 0 heterocycles. The highest BCUT2D eigenvalue weighted by Crippen LogP contribution is 2.19. The predicted molar refractivity (Wildman–Crippen MR) is 51.1 cm³/mol. The maximum atomic E-state index is 13.1. The molecular formula is C10H12F3NO. The molecule has 0 saturated carbocycles. The molecule has 0 saturated heterocycles. The molecule has 0 bridgehead atoms. The van der Waals surface area contributed by atoms with Crippen LogP contribution in [0.1, 0.15) is 6.92 Å². The van der Waals surface area contributed by atoms with Gasteiger partial charge >= 0.3 is 0 Å². The molecule has 0 fully saturated rings. The summed E-state index contributed by atoms with van der Waals surface area (Å²) in [5, 5.41) is 11.3. The molecule has 1 aromatic carbocycles. The molecule has 15 heavy (non-hydrogen) atoms. The van der Waals surface area contributed by atoms with Crippen molar-refractivity contribution in [2.75, 3.05) is 18.5 Å². The van der Waals surface area contributed by atoms with Crippen molar-refractivity contribution < 1.29 is 18.3 Å². The lowest BCUT2D eigenvalue weighted by molar-refractivity contribution is 0.244. The Kier molecular flexibility index (Phi) is 3.96. The van der Waals surface area contributed by atoms with E-state index in [-0.39, 0.29) is 18.2 Å². The molecule has 0 amide bonds. The minimum atomic E-state index is -1.49. The van der Waals surface area contributed by atoms with Gasteiger partial charge in [-0.1, -0.05) is 6.92 Å². The van der Waals surface area contributed by atoms with Crippen LogP contribution in [0.3, 0.4) is 0 Å². The quantitative estimate of drug-likeness (QED) is 0.760. The molecule has 0 spiro atoms. The van der Waals surface area contributed by atoms with E-state index in [1.807, 2.05) is 0 Å². The van der Waals surface area contributed by atoms with Crippen LogP contribution in [0.25, 0.3) is 0 Å². The first kappa shape index (κ1) is 11.8. The van der Waals surface area contributed by atoms with Crippen molar-refractivity contribution in [3.05, 3.63) is 29.6 Å². The van der Waals surface area contributed by atoms with Gasteiger partial charge in [0.25, 0.3) is 0 Å². The van der Waals surface area contributed by atoms with Crippen molar-refractivity contribution >= 4 is 5.69 Å². The van der Waals surface area contributed by atoms with E-state index in [4.69, 9.17) is 5.11 Å². The number of rotatable bonds is 4. The molecule has 1 unspecified atom stereocenters. The van der Waals surface area contributed by atoms with E-state index in [9.17, 15) is 13.2 Å². The van der Waals surface area contributed by atoms with Crippen LogP contribution in [0.15, 0.2) is 12.1 Å². The molecule has 0 radical (unpaired) electrons. The van der Waals surface area contributed by atoms with Crippen LogP contribution >= 0.6 is 0 Å². The van der Waals surface area contributed by atoms with Crippen LogP contribution in [0, 0.1) is 23.4 Å². The maximum absolute atomic E-state index is 13.1. The normalized spacial score (nSPS) is 12.6. The highest BCUT2D eigenvalue weighted by atomic mass is 19.2. The van der Waals surface area contributed by atoms with E-state index in [1.165, 1.54) is 0 Å². The Bertz CT molecular complexity index is 344. The van der Waals surface area contributed by atoms with Crippen molar-refractivity contribution in [1.29, 1.82) is 0 Å². The van der Waals surface area contributed by atoms with Crippen LogP contribution in [-0.4, -0.2) is 18.3 Å². The Labute approximate surface area is 85.7 Å². The van der Waals surface area contributed by atoms with Gasteiger partial charge in [0, 0.05) is 13.2 Å². The Morgan fingerprint density at radius 1 is 1.27 bits per heavy atom. The highest BCUT2D eigenvalue weighted by Gasteiger charge is 2.13. The first-order valence-corrected chi connectivity index (χ1v) is 4.54. The van der Waals surface area contributed by atoms with Crippen LogP contribution in [-0.2, 0) is 0 Å². The molecule has 1 aromatic rings. The summed E-state index contributed by atoms with van der Waals surface area (Å²) in [5.41, 5.74) is -0.103. The van der Waals surface area contributed by atoms with Crippen LogP contribution in [0.4, 0.5) is 18.9 Å². The number of hydrogen-bond acceptors (Lipinski definition) is 2. The Hall–Kier alpha value is -1.23. The lowest BCUT2D eigenvalue weighted by Crippen LogP contribution is -2.15. The first-order chi connectivity index (χ1) is 7.06. The fraction of sp³-hybridized carbons (Fsp3) is 0.400. The molecular weight excluding hydrogens is 207 g/mol. The average Bonchev–Trinajstić information content (AvgIpc) is 2.24. The minimum Gasteiger partial charge on any atom is -0.396 e. The second kappa shape index (κ2) is 5.02. The third-order valence-electron chi connectivity index (χ3n) is 1.99. The molecule has 0 aliphatic carbocycles. The summed E-state index contributed by atoms with van der Waals surface area (Å²) in [6, 6.07) is 1.97. The number of aliphatic hydroxyl groups is 1. The van der Waals surface area contributed by atoms with Crippen LogP contribution in [0.2, 0.25) is 0 Å². The summed E-state index contributed by atoms with van der Waals surface area (Å²) < 4.78 is 38.4. The Morgan fingerprint density at radius 2 is 1.93 bits per heavy atom. The van der Waals surface area contributed by atoms with E-state index >= 15 is 0 Å². The molecule has 1 atom stereocenters. The van der Waals surface area contributed by atoms with Crippen molar-refractivity contribution in [2.45, 2.75) is 6.92 Å². The second-order valence-electron chi connectivity index (χ2n) is 3.39. The highest BCUT2D eigenvalue weighted by molar-refractivity contribution is 5.45. The van der Waals surface area contributed by atoms with Gasteiger partial charge in [-0.3, -0.25) is 0 Å². The standard InChI is InChI=1S/C10H12F3NO/c1-6(5-15)4-14-8-3-2-7(11)9(12)10(8)13/h2-3,6,14-15H,4-5H2,1H3. The minimum absolute atomic E-state index is 0.0572. The lowest BCUT2D eigenvalue weighted by atomic mass is 10.2. The number of aliphatic hydroxyl groups excluding tert-OH is 1. The Morgan fingerprint density at radius 3 is 2.53 bits per heavy atom. The third-order valence-corrected chi connectivity index (χ3v) is 1.99. The van der Waals surface area contributed by atoms with Gasteiger partial charge in [-0.05, 0) is 18.1 Å². The zero-order chi connectivity index (χ0) is 11.4. The van der Waals surface area contributed by atoms with Crippen molar-refractivity contribution in [3.8, 4) is 0 Å². The number of hydrogen-bond donors (Lipinski definition) is 2. The number of nitrogens with one attached hydrogen (secondary N) is 1. The SMILES string of the molecule is CC(CO)CNc1ccc(F)c(F)c1F. The molecule has 5 heteroatoms. The van der Waals surface area contributed by atoms with Gasteiger partial charge in [-0.15, -0.1) is 0 Å². The summed E-state index contributed by atoms with van der Waals surface area (Å²) in [5.74, 6) is -4.03. The van der Waals surface area contributed by atoms with E-state index < -0.39 is 17.5 Å². The molecule has 2 N–H and O–H groups in total. The van der Waals surface area contributed by atoms with Gasteiger partial charge in [0.2, 0.25) is 0 Å². The number of benzene rings is 1. The first-order valence-electron chi connectivity index (χ1n) is 4.54. The predicted octanol–water partition coefficient (Wildman–Crippen LogP) is 2.14. The monoisotopic (exact) mass is 219 g/mol. The number of halogens is 3. The topological polar surface area (TPSA) is 32.3 Å². The van der Waals surface area contributed by atoms with Gasteiger partial charge in [0.15, 0.2) is 17.5 Å².